The van der Waals surface area contributed by atoms with E-state index in [4.69, 9.17) is 0 Å². The monoisotopic (exact) mass is 212 g/mol. The van der Waals surface area contributed by atoms with E-state index in [1.54, 1.807) is 0 Å². The fourth-order valence-corrected chi connectivity index (χ4v) is 1.64. The summed E-state index contributed by atoms with van der Waals surface area (Å²) in [7, 11) is 1.23. The van der Waals surface area contributed by atoms with Gasteiger partial charge in [0, 0.05) is 23.3 Å². The van der Waals surface area contributed by atoms with Crippen LogP contribution in [0.25, 0.3) is 0 Å². The van der Waals surface area contributed by atoms with Crippen LogP contribution < -0.4 is 10.6 Å². The molecule has 2 nitrogen and oxygen atoms in total. The van der Waals surface area contributed by atoms with Crippen molar-refractivity contribution in [3.63, 3.8) is 0 Å². The minimum absolute atomic E-state index is 0.304. The predicted octanol–water partition coefficient (Wildman–Crippen LogP) is 0.674. The molecule has 82 valence electrons. The van der Waals surface area contributed by atoms with Crippen LogP contribution in [0.4, 0.5) is 0 Å². The highest BCUT2D eigenvalue weighted by Gasteiger charge is 2.25. The predicted molar refractivity (Wildman–Crippen MR) is 68.7 cm³/mol. The summed E-state index contributed by atoms with van der Waals surface area (Å²) in [6.45, 7) is 13.7. The first kappa shape index (κ1) is 13.6. The number of hydrogen-bond acceptors (Lipinski definition) is 2. The summed E-state index contributed by atoms with van der Waals surface area (Å²) in [6.07, 6.45) is 4.13. The molecule has 0 rings (SSSR count). The first-order valence-electron chi connectivity index (χ1n) is 5.27. The second-order valence-corrected chi connectivity index (χ2v) is 4.88. The maximum absolute atomic E-state index is 3.72. The van der Waals surface area contributed by atoms with E-state index < -0.39 is 0 Å². The van der Waals surface area contributed by atoms with Gasteiger partial charge in [-0.2, -0.15) is 0 Å². The van der Waals surface area contributed by atoms with Crippen molar-refractivity contribution in [1.29, 1.82) is 0 Å². The molecule has 0 aromatic rings. The Morgan fingerprint density at radius 3 is 1.93 bits per heavy atom. The van der Waals surface area contributed by atoms with Gasteiger partial charge >= 0.3 is 0 Å². The molecule has 0 aromatic carbocycles. The van der Waals surface area contributed by atoms with Gasteiger partial charge in [-0.05, 0) is 5.41 Å². The summed E-state index contributed by atoms with van der Waals surface area (Å²) in [6, 6.07) is 1.27. The average Bonchev–Trinajstić information content (AvgIpc) is 2.17. The van der Waals surface area contributed by atoms with Crippen LogP contribution in [0, 0.1) is 5.41 Å². The van der Waals surface area contributed by atoms with Crippen LogP contribution >= 0.6 is 0 Å². The Morgan fingerprint density at radius 1 is 1.21 bits per heavy atom. The Morgan fingerprint density at radius 2 is 1.64 bits per heavy atom. The standard InChI is InChI=1S/C11H24N2Si/c1-5-7-12-10(13-8-6-2)11(3,4)9-14/h5-6,10,12-13H,1-2,7-9H2,3-4,14H3. The molecular weight excluding hydrogens is 188 g/mol. The molecule has 0 amide bonds. The van der Waals surface area contributed by atoms with Crippen LogP contribution in [0.2, 0.25) is 6.04 Å². The SMILES string of the molecule is C=CCNC(NCC=C)C(C)(C)C[SiH3]. The largest absolute Gasteiger partial charge is 0.298 e. The zero-order valence-corrected chi connectivity index (χ0v) is 11.8. The molecule has 0 aromatic heterocycles. The second-order valence-electron chi connectivity index (χ2n) is 4.17. The highest BCUT2D eigenvalue weighted by atomic mass is 28.1. The lowest BCUT2D eigenvalue weighted by Gasteiger charge is -2.34. The van der Waals surface area contributed by atoms with Gasteiger partial charge in [0.2, 0.25) is 0 Å². The molecule has 0 atom stereocenters. The van der Waals surface area contributed by atoms with E-state index in [0.29, 0.717) is 11.6 Å². The van der Waals surface area contributed by atoms with E-state index >= 15 is 0 Å². The van der Waals surface area contributed by atoms with Gasteiger partial charge in [0.25, 0.3) is 0 Å². The molecule has 14 heavy (non-hydrogen) atoms. The highest BCUT2D eigenvalue weighted by Crippen LogP contribution is 2.22. The van der Waals surface area contributed by atoms with Gasteiger partial charge < -0.3 is 0 Å². The fourth-order valence-electron chi connectivity index (χ4n) is 1.23. The van der Waals surface area contributed by atoms with E-state index in [2.05, 4.69) is 37.6 Å². The molecule has 0 aliphatic carbocycles. The summed E-state index contributed by atoms with van der Waals surface area (Å²) in [5.41, 5.74) is 0.304. The molecule has 0 heterocycles. The Bertz CT molecular complexity index is 166. The third-order valence-corrected chi connectivity index (χ3v) is 4.45. The molecule has 2 N–H and O–H groups in total. The van der Waals surface area contributed by atoms with E-state index in [0.717, 1.165) is 13.1 Å². The minimum Gasteiger partial charge on any atom is -0.298 e. The first-order valence-corrected chi connectivity index (χ1v) is 6.68. The zero-order valence-electron chi connectivity index (χ0n) is 9.77. The number of nitrogens with one attached hydrogen (secondary N) is 2. The van der Waals surface area contributed by atoms with E-state index in [1.165, 1.54) is 16.3 Å². The van der Waals surface area contributed by atoms with E-state index in [1.807, 2.05) is 12.2 Å². The average molecular weight is 212 g/mol. The van der Waals surface area contributed by atoms with Gasteiger partial charge in [0.15, 0.2) is 0 Å². The van der Waals surface area contributed by atoms with Crippen molar-refractivity contribution in [3.05, 3.63) is 25.3 Å². The van der Waals surface area contributed by atoms with Crippen LogP contribution in [-0.2, 0) is 0 Å². The molecule has 3 heteroatoms. The van der Waals surface area contributed by atoms with Gasteiger partial charge in [0.1, 0.15) is 0 Å². The summed E-state index contributed by atoms with van der Waals surface area (Å²) >= 11 is 0. The lowest BCUT2D eigenvalue weighted by Crippen LogP contribution is -2.52. The maximum Gasteiger partial charge on any atom is 0.0626 e. The zero-order chi connectivity index (χ0) is 11.0. The van der Waals surface area contributed by atoms with Crippen molar-refractivity contribution >= 4 is 10.2 Å². The Kier molecular flexibility index (Phi) is 6.79. The van der Waals surface area contributed by atoms with Gasteiger partial charge in [-0.25, -0.2) is 0 Å². The van der Waals surface area contributed by atoms with Crippen LogP contribution in [-0.4, -0.2) is 29.5 Å². The second kappa shape index (κ2) is 6.98. The van der Waals surface area contributed by atoms with E-state index in [-0.39, 0.29) is 0 Å². The molecule has 0 radical (unpaired) electrons. The molecule has 0 bridgehead atoms. The van der Waals surface area contributed by atoms with Crippen LogP contribution in [0.15, 0.2) is 25.3 Å². The summed E-state index contributed by atoms with van der Waals surface area (Å²) in [4.78, 5) is 0. The highest BCUT2D eigenvalue weighted by molar-refractivity contribution is 6.09. The third-order valence-electron chi connectivity index (χ3n) is 2.63. The molecule has 0 saturated carbocycles. The van der Waals surface area contributed by atoms with Gasteiger partial charge in [-0.3, -0.25) is 10.6 Å². The lowest BCUT2D eigenvalue weighted by molar-refractivity contribution is 0.238. The lowest BCUT2D eigenvalue weighted by atomic mass is 9.91. The summed E-state index contributed by atoms with van der Waals surface area (Å²) in [5.74, 6) is 0. The Balaban J connectivity index is 4.20. The van der Waals surface area contributed by atoms with Crippen LogP contribution in [0.1, 0.15) is 13.8 Å². The molecule has 0 spiro atoms. The van der Waals surface area contributed by atoms with Crippen molar-refractivity contribution in [3.8, 4) is 0 Å². The number of rotatable bonds is 8. The van der Waals surface area contributed by atoms with E-state index in [9.17, 15) is 0 Å². The van der Waals surface area contributed by atoms with Gasteiger partial charge in [-0.1, -0.05) is 32.0 Å². The first-order chi connectivity index (χ1) is 6.58. The van der Waals surface area contributed by atoms with Gasteiger partial charge in [0.05, 0.1) is 6.17 Å². The van der Waals surface area contributed by atoms with Crippen LogP contribution in [0.5, 0.6) is 0 Å². The third kappa shape index (κ3) is 4.74. The molecule has 0 saturated heterocycles. The van der Waals surface area contributed by atoms with Gasteiger partial charge in [-0.15, -0.1) is 13.2 Å². The number of hydrogen-bond donors (Lipinski definition) is 2. The quantitative estimate of drug-likeness (QED) is 0.351. The molecule has 0 unspecified atom stereocenters. The topological polar surface area (TPSA) is 24.1 Å². The molecule has 0 aliphatic heterocycles. The maximum atomic E-state index is 3.72. The van der Waals surface area contributed by atoms with Crippen molar-refractivity contribution in [2.75, 3.05) is 13.1 Å². The van der Waals surface area contributed by atoms with Crippen molar-refractivity contribution in [2.24, 2.45) is 5.41 Å². The molecule has 0 aliphatic rings. The smallest absolute Gasteiger partial charge is 0.0626 e. The van der Waals surface area contributed by atoms with Crippen molar-refractivity contribution < 1.29 is 0 Å². The molecular formula is C11H24N2Si. The molecule has 0 fully saturated rings. The van der Waals surface area contributed by atoms with Crippen LogP contribution in [0.3, 0.4) is 0 Å². The normalized spacial score (nSPS) is 11.9. The van der Waals surface area contributed by atoms with Crippen molar-refractivity contribution in [1.82, 2.24) is 10.6 Å². The Labute approximate surface area is 91.3 Å². The fraction of sp³-hybridized carbons (Fsp3) is 0.636. The van der Waals surface area contributed by atoms with Crippen molar-refractivity contribution in [2.45, 2.75) is 26.1 Å². The summed E-state index contributed by atoms with van der Waals surface area (Å²) < 4.78 is 0. The Hall–Kier alpha value is -0.383. The minimum atomic E-state index is 0.304. The summed E-state index contributed by atoms with van der Waals surface area (Å²) in [5, 5.41) is 6.88.